The molecule has 278 valence electrons. The van der Waals surface area contributed by atoms with Gasteiger partial charge in [0, 0.05) is 39.0 Å². The van der Waals surface area contributed by atoms with Gasteiger partial charge in [0.05, 0.1) is 112 Å². The summed E-state index contributed by atoms with van der Waals surface area (Å²) in [6.07, 6.45) is -0.360. The molecule has 0 atom stereocenters. The van der Waals surface area contributed by atoms with Gasteiger partial charge in [-0.05, 0) is 20.8 Å². The normalized spacial score (nSPS) is 11.5. The molecule has 0 spiro atoms. The zero-order valence-corrected chi connectivity index (χ0v) is 28.7. The fraction of sp³-hybridized carbons (Fsp3) is 0.900. The van der Waals surface area contributed by atoms with E-state index in [2.05, 4.69) is 16.0 Å². The van der Waals surface area contributed by atoms with E-state index in [1.807, 2.05) is 0 Å². The highest BCUT2D eigenvalue weighted by Gasteiger charge is 2.20. The average Bonchev–Trinajstić information content (AvgIpc) is 3.01. The lowest BCUT2D eigenvalue weighted by molar-refractivity contribution is -0.123. The van der Waals surface area contributed by atoms with Gasteiger partial charge in [-0.2, -0.15) is 0 Å². The van der Waals surface area contributed by atoms with E-state index in [0.29, 0.717) is 105 Å². The van der Waals surface area contributed by atoms with Crippen molar-refractivity contribution in [2.45, 2.75) is 45.3 Å². The molecule has 0 aliphatic rings. The number of nitrogens with two attached hydrogens (primary N) is 2. The van der Waals surface area contributed by atoms with Crippen LogP contribution >= 0.6 is 0 Å². The highest BCUT2D eigenvalue weighted by Crippen LogP contribution is 2.07. The third-order valence-corrected chi connectivity index (χ3v) is 5.46. The van der Waals surface area contributed by atoms with Crippen LogP contribution in [0.3, 0.4) is 0 Å². The van der Waals surface area contributed by atoms with E-state index in [0.717, 1.165) is 0 Å². The zero-order chi connectivity index (χ0) is 34.9. The van der Waals surface area contributed by atoms with Crippen molar-refractivity contribution in [3.05, 3.63) is 0 Å². The molecule has 0 aromatic carbocycles. The minimum Gasteiger partial charge on any atom is -0.444 e. The number of nitrogens with one attached hydrogen (secondary N) is 3. The van der Waals surface area contributed by atoms with Crippen molar-refractivity contribution in [1.29, 1.82) is 0 Å². The topological polar surface area (TPSA) is 222 Å². The summed E-state index contributed by atoms with van der Waals surface area (Å²) in [4.78, 5) is 36.5. The predicted octanol–water partition coefficient (Wildman–Crippen LogP) is -1.06. The highest BCUT2D eigenvalue weighted by molar-refractivity contribution is 5.76. The summed E-state index contributed by atoms with van der Waals surface area (Å²) in [6.45, 7) is 12.7. The Hall–Kier alpha value is -2.19. The van der Waals surface area contributed by atoms with E-state index >= 15 is 0 Å². The van der Waals surface area contributed by atoms with Gasteiger partial charge in [-0.1, -0.05) is 0 Å². The molecule has 0 unspecified atom stereocenters. The van der Waals surface area contributed by atoms with Crippen molar-refractivity contribution in [2.75, 3.05) is 132 Å². The molecule has 0 bridgehead atoms. The Kier molecular flexibility index (Phi) is 30.9. The summed E-state index contributed by atoms with van der Waals surface area (Å²) in [5, 5.41) is 8.22. The summed E-state index contributed by atoms with van der Waals surface area (Å²) in [5.41, 5.74) is 9.98. The summed E-state index contributed by atoms with van der Waals surface area (Å²) in [6, 6.07) is -0.554. The molecule has 7 N–H and O–H groups in total. The van der Waals surface area contributed by atoms with Gasteiger partial charge >= 0.3 is 6.09 Å². The molecule has 17 nitrogen and oxygen atoms in total. The summed E-state index contributed by atoms with van der Waals surface area (Å²) >= 11 is 0. The Morgan fingerprint density at radius 3 is 1.26 bits per heavy atom. The van der Waals surface area contributed by atoms with Crippen molar-refractivity contribution in [1.82, 2.24) is 16.0 Å². The Bertz CT molecular complexity index is 715. The molecule has 0 aromatic rings. The summed E-state index contributed by atoms with van der Waals surface area (Å²) < 4.78 is 48.5. The first kappa shape index (κ1) is 44.8. The molecule has 0 aromatic heterocycles. The molecular weight excluding hydrogens is 622 g/mol. The van der Waals surface area contributed by atoms with E-state index in [4.69, 9.17) is 54.1 Å². The SMILES string of the molecule is CC(C)(C)OC(=O)NC(COCCC(=O)NCCOCCOCCOCCN)COCCC(=O)NCCOCCOCCOCCN. The molecule has 17 heteroatoms. The standard InChI is InChI=1S/C30H61N5O12/c1-30(2,3)47-29(38)35-26(24-45-10-4-27(36)33-8-14-41-18-22-43-20-16-39-12-6-31)25-46-11-5-28(37)34-9-15-42-19-23-44-21-17-40-13-7-32/h26H,4-25,31-32H2,1-3H3,(H,33,36)(H,34,37)(H,35,38). The van der Waals surface area contributed by atoms with Crippen molar-refractivity contribution < 1.29 is 57.0 Å². The lowest BCUT2D eigenvalue weighted by Gasteiger charge is -2.23. The van der Waals surface area contributed by atoms with Crippen LogP contribution in [0.25, 0.3) is 0 Å². The monoisotopic (exact) mass is 683 g/mol. The largest absolute Gasteiger partial charge is 0.444 e. The molecule has 47 heavy (non-hydrogen) atoms. The number of carbonyl (C=O) groups excluding carboxylic acids is 3. The third-order valence-electron chi connectivity index (χ3n) is 5.46. The fourth-order valence-electron chi connectivity index (χ4n) is 3.34. The molecule has 0 aliphatic heterocycles. The van der Waals surface area contributed by atoms with Crippen LogP contribution in [-0.4, -0.2) is 161 Å². The van der Waals surface area contributed by atoms with Gasteiger partial charge in [0.15, 0.2) is 0 Å². The maximum Gasteiger partial charge on any atom is 0.408 e. The van der Waals surface area contributed by atoms with Crippen LogP contribution in [0.4, 0.5) is 4.79 Å². The predicted molar refractivity (Wildman–Crippen MR) is 173 cm³/mol. The molecule has 0 radical (unpaired) electrons. The van der Waals surface area contributed by atoms with Crippen LogP contribution in [0.1, 0.15) is 33.6 Å². The van der Waals surface area contributed by atoms with Crippen molar-refractivity contribution in [3.8, 4) is 0 Å². The van der Waals surface area contributed by atoms with E-state index < -0.39 is 17.7 Å². The maximum absolute atomic E-state index is 12.3. The van der Waals surface area contributed by atoms with Crippen LogP contribution in [0.2, 0.25) is 0 Å². The van der Waals surface area contributed by atoms with E-state index in [1.54, 1.807) is 20.8 Å². The minimum absolute atomic E-state index is 0.0842. The minimum atomic E-state index is -0.682. The maximum atomic E-state index is 12.3. The van der Waals surface area contributed by atoms with E-state index in [1.165, 1.54) is 0 Å². The molecule has 0 heterocycles. The van der Waals surface area contributed by atoms with Crippen LogP contribution in [0.15, 0.2) is 0 Å². The van der Waals surface area contributed by atoms with Crippen LogP contribution in [0, 0.1) is 0 Å². The number of alkyl carbamates (subject to hydrolysis) is 1. The van der Waals surface area contributed by atoms with E-state index in [-0.39, 0.29) is 51.1 Å². The van der Waals surface area contributed by atoms with Gasteiger partial charge < -0.3 is 70.0 Å². The lowest BCUT2D eigenvalue weighted by Crippen LogP contribution is -2.44. The van der Waals surface area contributed by atoms with Gasteiger partial charge in [-0.3, -0.25) is 9.59 Å². The van der Waals surface area contributed by atoms with Gasteiger partial charge in [0.1, 0.15) is 5.60 Å². The number of carbonyl (C=O) groups is 3. The van der Waals surface area contributed by atoms with Crippen molar-refractivity contribution >= 4 is 17.9 Å². The van der Waals surface area contributed by atoms with Gasteiger partial charge in [-0.25, -0.2) is 4.79 Å². The summed E-state index contributed by atoms with van der Waals surface area (Å²) in [5.74, 6) is -0.382. The Labute approximate surface area is 279 Å². The van der Waals surface area contributed by atoms with Crippen molar-refractivity contribution in [2.24, 2.45) is 11.5 Å². The van der Waals surface area contributed by atoms with Gasteiger partial charge in [0.25, 0.3) is 0 Å². The molecule has 0 saturated carbocycles. The number of hydrogen-bond acceptors (Lipinski definition) is 14. The van der Waals surface area contributed by atoms with Crippen LogP contribution in [0.5, 0.6) is 0 Å². The summed E-state index contributed by atoms with van der Waals surface area (Å²) in [7, 11) is 0. The number of amides is 3. The quantitative estimate of drug-likeness (QED) is 0.0521. The second-order valence-corrected chi connectivity index (χ2v) is 10.9. The number of rotatable bonds is 33. The van der Waals surface area contributed by atoms with E-state index in [9.17, 15) is 14.4 Å². The second kappa shape index (κ2) is 32.4. The smallest absolute Gasteiger partial charge is 0.408 e. The van der Waals surface area contributed by atoms with Gasteiger partial charge in [-0.15, -0.1) is 0 Å². The average molecular weight is 684 g/mol. The molecule has 0 fully saturated rings. The van der Waals surface area contributed by atoms with Crippen LogP contribution in [-0.2, 0) is 52.2 Å². The first-order chi connectivity index (χ1) is 22.7. The molecule has 0 rings (SSSR count). The fourth-order valence-corrected chi connectivity index (χ4v) is 3.34. The van der Waals surface area contributed by atoms with Crippen molar-refractivity contribution in [3.63, 3.8) is 0 Å². The Balaban J connectivity index is 4.07. The first-order valence-electron chi connectivity index (χ1n) is 16.2. The first-order valence-corrected chi connectivity index (χ1v) is 16.2. The molecule has 3 amide bonds. The Morgan fingerprint density at radius 2 is 0.894 bits per heavy atom. The third kappa shape index (κ3) is 35.0. The van der Waals surface area contributed by atoms with Gasteiger partial charge in [0.2, 0.25) is 11.8 Å². The molecular formula is C30H61N5O12. The molecule has 0 saturated heterocycles. The second-order valence-electron chi connectivity index (χ2n) is 10.9. The van der Waals surface area contributed by atoms with Crippen LogP contribution < -0.4 is 27.4 Å². The lowest BCUT2D eigenvalue weighted by atomic mass is 10.2. The number of hydrogen-bond donors (Lipinski definition) is 5. The Morgan fingerprint density at radius 1 is 0.532 bits per heavy atom. The molecule has 0 aliphatic carbocycles. The number of ether oxygens (including phenoxy) is 9. The highest BCUT2D eigenvalue weighted by atomic mass is 16.6. The zero-order valence-electron chi connectivity index (χ0n) is 28.7.